The van der Waals surface area contributed by atoms with Crippen LogP contribution in [0.2, 0.25) is 0 Å². The fourth-order valence-corrected chi connectivity index (χ4v) is 1.79. The lowest BCUT2D eigenvalue weighted by atomic mass is 10.2. The summed E-state index contributed by atoms with van der Waals surface area (Å²) in [5.74, 6) is -0.808. The Balaban J connectivity index is 2.28. The number of carbonyl (C=O) groups is 2. The molecule has 0 fully saturated rings. The average Bonchev–Trinajstić information content (AvgIpc) is 2.29. The van der Waals surface area contributed by atoms with E-state index in [0.29, 0.717) is 11.4 Å². The van der Waals surface area contributed by atoms with Gasteiger partial charge in [0.15, 0.2) is 6.10 Å². The van der Waals surface area contributed by atoms with Gasteiger partial charge >= 0.3 is 0 Å². The highest BCUT2D eigenvalue weighted by atomic mass is 16.5. The van der Waals surface area contributed by atoms with Gasteiger partial charge < -0.3 is 19.5 Å². The molecule has 17 heavy (non-hydrogen) atoms. The largest absolute Gasteiger partial charge is 0.550 e. The minimum absolute atomic E-state index is 0.103. The van der Waals surface area contributed by atoms with Crippen molar-refractivity contribution in [1.29, 1.82) is 0 Å². The highest BCUT2D eigenvalue weighted by molar-refractivity contribution is 6.00. The smallest absolute Gasteiger partial charge is 0.267 e. The molecule has 0 spiro atoms. The molecule has 0 bridgehead atoms. The molecule has 1 aromatic carbocycles. The summed E-state index contributed by atoms with van der Waals surface area (Å²) >= 11 is 0. The summed E-state index contributed by atoms with van der Waals surface area (Å²) in [6.07, 6.45) is -0.779. The Labute approximate surface area is 98.6 Å². The van der Waals surface area contributed by atoms with Crippen LogP contribution in [0.1, 0.15) is 13.3 Å². The van der Waals surface area contributed by atoms with Gasteiger partial charge in [0.1, 0.15) is 5.75 Å². The number of carboxylic acids is 1. The van der Waals surface area contributed by atoms with Crippen molar-refractivity contribution in [1.82, 2.24) is 0 Å². The van der Waals surface area contributed by atoms with E-state index in [1.807, 2.05) is 0 Å². The second-order valence-corrected chi connectivity index (χ2v) is 3.84. The first-order valence-corrected chi connectivity index (χ1v) is 5.36. The summed E-state index contributed by atoms with van der Waals surface area (Å²) < 4.78 is 5.43. The van der Waals surface area contributed by atoms with E-state index in [4.69, 9.17) is 4.74 Å². The number of hydrogen-bond donors (Lipinski definition) is 0. The molecule has 5 heteroatoms. The van der Waals surface area contributed by atoms with E-state index in [1.165, 1.54) is 4.90 Å². The number of nitrogens with zero attached hydrogens (tertiary/aromatic N) is 1. The van der Waals surface area contributed by atoms with Crippen molar-refractivity contribution in [2.75, 3.05) is 11.4 Å². The number of benzene rings is 1. The lowest BCUT2D eigenvalue weighted by Crippen LogP contribution is -2.46. The topological polar surface area (TPSA) is 69.7 Å². The SMILES string of the molecule is C[C@H]1Oc2ccccc2N(CCC(=O)[O-])C1=O. The number of carbonyl (C=O) groups excluding carboxylic acids is 2. The Bertz CT molecular complexity index is 458. The van der Waals surface area contributed by atoms with Crippen molar-refractivity contribution in [3.8, 4) is 5.75 Å². The number of para-hydroxylation sites is 2. The highest BCUT2D eigenvalue weighted by Gasteiger charge is 2.30. The second kappa shape index (κ2) is 4.45. The lowest BCUT2D eigenvalue weighted by molar-refractivity contribution is -0.305. The van der Waals surface area contributed by atoms with Gasteiger partial charge in [-0.05, 0) is 19.1 Å². The predicted octanol–water partition coefficient (Wildman–Crippen LogP) is -0.0595. The molecule has 1 aliphatic rings. The maximum Gasteiger partial charge on any atom is 0.267 e. The predicted molar refractivity (Wildman–Crippen MR) is 58.5 cm³/mol. The van der Waals surface area contributed by atoms with Gasteiger partial charge in [0.2, 0.25) is 0 Å². The Kier molecular flexibility index (Phi) is 2.99. The third kappa shape index (κ3) is 2.22. The van der Waals surface area contributed by atoms with Crippen molar-refractivity contribution in [2.45, 2.75) is 19.4 Å². The van der Waals surface area contributed by atoms with E-state index in [-0.39, 0.29) is 18.9 Å². The molecule has 1 heterocycles. The first-order valence-electron chi connectivity index (χ1n) is 5.36. The maximum atomic E-state index is 11.9. The van der Waals surface area contributed by atoms with Crippen LogP contribution in [0.25, 0.3) is 0 Å². The van der Waals surface area contributed by atoms with Crippen molar-refractivity contribution in [3.05, 3.63) is 24.3 Å². The molecule has 0 aromatic heterocycles. The minimum Gasteiger partial charge on any atom is -0.550 e. The quantitative estimate of drug-likeness (QED) is 0.734. The minimum atomic E-state index is -1.17. The van der Waals surface area contributed by atoms with Crippen LogP contribution in [-0.2, 0) is 9.59 Å². The zero-order chi connectivity index (χ0) is 12.4. The van der Waals surface area contributed by atoms with Gasteiger partial charge in [0, 0.05) is 18.9 Å². The van der Waals surface area contributed by atoms with Gasteiger partial charge in [-0.3, -0.25) is 4.79 Å². The summed E-state index contributed by atoms with van der Waals surface area (Å²) in [6.45, 7) is 1.75. The lowest BCUT2D eigenvalue weighted by Gasteiger charge is -2.33. The molecule has 90 valence electrons. The van der Waals surface area contributed by atoms with E-state index in [9.17, 15) is 14.7 Å². The van der Waals surface area contributed by atoms with Crippen LogP contribution in [-0.4, -0.2) is 24.5 Å². The van der Waals surface area contributed by atoms with Gasteiger partial charge in [0.25, 0.3) is 5.91 Å². The highest BCUT2D eigenvalue weighted by Crippen LogP contribution is 2.33. The number of amides is 1. The Hall–Kier alpha value is -2.04. The van der Waals surface area contributed by atoms with E-state index < -0.39 is 12.1 Å². The molecule has 0 aliphatic carbocycles. The molecule has 1 atom stereocenters. The molecule has 2 rings (SSSR count). The molecule has 1 aromatic rings. The molecule has 0 saturated heterocycles. The molecular weight excluding hydrogens is 222 g/mol. The van der Waals surface area contributed by atoms with E-state index in [1.54, 1.807) is 31.2 Å². The van der Waals surface area contributed by atoms with Crippen LogP contribution in [0.4, 0.5) is 5.69 Å². The third-order valence-electron chi connectivity index (χ3n) is 2.61. The Morgan fingerprint density at radius 1 is 1.47 bits per heavy atom. The van der Waals surface area contributed by atoms with Crippen LogP contribution < -0.4 is 14.7 Å². The summed E-state index contributed by atoms with van der Waals surface area (Å²) in [4.78, 5) is 23.8. The zero-order valence-electron chi connectivity index (χ0n) is 9.38. The molecule has 0 unspecified atom stereocenters. The van der Waals surface area contributed by atoms with Crippen molar-refractivity contribution in [3.63, 3.8) is 0 Å². The monoisotopic (exact) mass is 234 g/mol. The number of fused-ring (bicyclic) bond motifs is 1. The molecular formula is C12H12NO4-. The first kappa shape index (κ1) is 11.4. The number of anilines is 1. The number of rotatable bonds is 3. The van der Waals surface area contributed by atoms with E-state index in [2.05, 4.69) is 0 Å². The number of aliphatic carboxylic acids is 1. The summed E-state index contributed by atoms with van der Waals surface area (Å²) in [5, 5.41) is 10.5. The molecule has 0 radical (unpaired) electrons. The number of hydrogen-bond acceptors (Lipinski definition) is 4. The number of ether oxygens (including phenoxy) is 1. The van der Waals surface area contributed by atoms with E-state index >= 15 is 0 Å². The molecule has 1 aliphatic heterocycles. The molecule has 0 saturated carbocycles. The van der Waals surface area contributed by atoms with Crippen LogP contribution >= 0.6 is 0 Å². The van der Waals surface area contributed by atoms with Crippen molar-refractivity contribution >= 4 is 17.6 Å². The summed E-state index contributed by atoms with van der Waals surface area (Å²) in [6, 6.07) is 7.06. The first-order chi connectivity index (χ1) is 8.09. The number of carboxylic acid groups (broad SMARTS) is 1. The van der Waals surface area contributed by atoms with E-state index in [0.717, 1.165) is 0 Å². The fraction of sp³-hybridized carbons (Fsp3) is 0.333. The van der Waals surface area contributed by atoms with Crippen LogP contribution in [0.15, 0.2) is 24.3 Å². The fourth-order valence-electron chi connectivity index (χ4n) is 1.79. The van der Waals surface area contributed by atoms with Gasteiger partial charge in [-0.2, -0.15) is 0 Å². The van der Waals surface area contributed by atoms with Gasteiger partial charge in [-0.25, -0.2) is 0 Å². The normalized spacial score (nSPS) is 18.5. The third-order valence-corrected chi connectivity index (χ3v) is 2.61. The van der Waals surface area contributed by atoms with Crippen molar-refractivity contribution in [2.24, 2.45) is 0 Å². The van der Waals surface area contributed by atoms with Gasteiger partial charge in [-0.1, -0.05) is 12.1 Å². The standard InChI is InChI=1S/C12H13NO4/c1-8-12(16)13(7-6-11(14)15)9-4-2-3-5-10(9)17-8/h2-5,8H,6-7H2,1H3,(H,14,15)/p-1/t8-/m1/s1. The second-order valence-electron chi connectivity index (χ2n) is 3.84. The van der Waals surface area contributed by atoms with Gasteiger partial charge in [0.05, 0.1) is 5.69 Å². The maximum absolute atomic E-state index is 11.9. The summed E-state index contributed by atoms with van der Waals surface area (Å²) in [5.41, 5.74) is 0.608. The van der Waals surface area contributed by atoms with Crippen LogP contribution in [0.5, 0.6) is 5.75 Å². The average molecular weight is 234 g/mol. The molecule has 1 amide bonds. The Morgan fingerprint density at radius 3 is 2.88 bits per heavy atom. The van der Waals surface area contributed by atoms with Crippen LogP contribution in [0, 0.1) is 0 Å². The van der Waals surface area contributed by atoms with Gasteiger partial charge in [-0.15, -0.1) is 0 Å². The molecule has 5 nitrogen and oxygen atoms in total. The van der Waals surface area contributed by atoms with Crippen LogP contribution in [0.3, 0.4) is 0 Å². The summed E-state index contributed by atoms with van der Waals surface area (Å²) in [7, 11) is 0. The van der Waals surface area contributed by atoms with Crippen molar-refractivity contribution < 1.29 is 19.4 Å². The molecule has 0 N–H and O–H groups in total. The zero-order valence-corrected chi connectivity index (χ0v) is 9.38. The Morgan fingerprint density at radius 2 is 2.18 bits per heavy atom.